The minimum absolute atomic E-state index is 0.0292. The number of carbonyl (C=O) groups is 1. The quantitative estimate of drug-likeness (QED) is 0.226. The molecule has 0 aliphatic carbocycles. The monoisotopic (exact) mass is 552 g/mol. The molecule has 0 amide bonds. The number of benzene rings is 4. The highest BCUT2D eigenvalue weighted by atomic mass is 19.1. The summed E-state index contributed by atoms with van der Waals surface area (Å²) >= 11 is 0. The molecule has 0 radical (unpaired) electrons. The van der Waals surface area contributed by atoms with Gasteiger partial charge >= 0.3 is 0 Å². The SMILES string of the molecule is O=C(CCc1ccccc1)c1cc(F)ccc1OCC(O)CN1CCN(C(c2ccccc2)c2ccccc2)CC1. The highest BCUT2D eigenvalue weighted by Crippen LogP contribution is 2.29. The fraction of sp³-hybridized carbons (Fsp3) is 0.286. The van der Waals surface area contributed by atoms with E-state index in [2.05, 4.69) is 58.3 Å². The number of Topliss-reactive ketones (excluding diaryl/α,β-unsaturated/α-hetero) is 1. The van der Waals surface area contributed by atoms with Gasteiger partial charge in [0.25, 0.3) is 0 Å². The number of halogens is 1. The molecule has 0 aromatic heterocycles. The van der Waals surface area contributed by atoms with Crippen LogP contribution < -0.4 is 4.74 Å². The van der Waals surface area contributed by atoms with E-state index < -0.39 is 11.9 Å². The van der Waals surface area contributed by atoms with Crippen LogP contribution in [0.4, 0.5) is 4.39 Å². The normalized spacial score (nSPS) is 15.1. The van der Waals surface area contributed by atoms with Crippen molar-refractivity contribution in [1.82, 2.24) is 9.80 Å². The van der Waals surface area contributed by atoms with Crippen molar-refractivity contribution in [2.45, 2.75) is 25.0 Å². The van der Waals surface area contributed by atoms with Gasteiger partial charge in [-0.25, -0.2) is 4.39 Å². The average Bonchev–Trinajstić information content (AvgIpc) is 3.02. The first-order valence-corrected chi connectivity index (χ1v) is 14.3. The standard InChI is InChI=1S/C35H37FN2O3/c36-30-17-19-34(32(24-30)33(40)18-16-27-10-4-1-5-11-27)41-26-31(39)25-37-20-22-38(23-21-37)35(28-12-6-2-7-13-28)29-14-8-3-9-15-29/h1-15,17,19,24,31,35,39H,16,18,20-23,25-26H2. The number of carbonyl (C=O) groups excluding carboxylic acids is 1. The van der Waals surface area contributed by atoms with Crippen LogP contribution in [0.15, 0.2) is 109 Å². The van der Waals surface area contributed by atoms with Crippen molar-refractivity contribution in [2.24, 2.45) is 0 Å². The molecular weight excluding hydrogens is 515 g/mol. The topological polar surface area (TPSA) is 53.0 Å². The van der Waals surface area contributed by atoms with Gasteiger partial charge in [0.15, 0.2) is 5.78 Å². The molecule has 1 heterocycles. The van der Waals surface area contributed by atoms with Crippen molar-refractivity contribution < 1.29 is 19.0 Å². The van der Waals surface area contributed by atoms with Gasteiger partial charge in [-0.3, -0.25) is 14.6 Å². The van der Waals surface area contributed by atoms with Gasteiger partial charge in [-0.1, -0.05) is 91.0 Å². The van der Waals surface area contributed by atoms with E-state index in [1.165, 1.54) is 29.3 Å². The van der Waals surface area contributed by atoms with E-state index in [4.69, 9.17) is 4.74 Å². The Kier molecular flexibility index (Phi) is 9.91. The molecule has 4 aromatic rings. The molecule has 1 aliphatic heterocycles. The third-order valence-corrected chi connectivity index (χ3v) is 7.63. The van der Waals surface area contributed by atoms with Crippen LogP contribution in [-0.4, -0.2) is 66.1 Å². The fourth-order valence-corrected chi connectivity index (χ4v) is 5.51. The molecule has 41 heavy (non-hydrogen) atoms. The molecule has 1 aliphatic rings. The summed E-state index contributed by atoms with van der Waals surface area (Å²) in [6.07, 6.45) is 0.0846. The molecule has 0 saturated carbocycles. The summed E-state index contributed by atoms with van der Waals surface area (Å²) in [6, 6.07) is 35.1. The lowest BCUT2D eigenvalue weighted by Crippen LogP contribution is -2.50. The molecule has 1 fully saturated rings. The molecule has 1 atom stereocenters. The molecule has 1 unspecified atom stereocenters. The van der Waals surface area contributed by atoms with Gasteiger partial charge in [0.2, 0.25) is 0 Å². The second-order valence-electron chi connectivity index (χ2n) is 10.6. The van der Waals surface area contributed by atoms with E-state index >= 15 is 0 Å². The third-order valence-electron chi connectivity index (χ3n) is 7.63. The average molecular weight is 553 g/mol. The van der Waals surface area contributed by atoms with Gasteiger partial charge in [0.05, 0.1) is 11.6 Å². The molecule has 0 bridgehead atoms. The number of nitrogens with zero attached hydrogens (tertiary/aromatic N) is 2. The minimum atomic E-state index is -0.738. The van der Waals surface area contributed by atoms with E-state index in [9.17, 15) is 14.3 Å². The van der Waals surface area contributed by atoms with Crippen LogP contribution in [0.2, 0.25) is 0 Å². The number of piperazine rings is 1. The van der Waals surface area contributed by atoms with Gasteiger partial charge in [-0.15, -0.1) is 0 Å². The Bertz CT molecular complexity index is 1340. The second-order valence-corrected chi connectivity index (χ2v) is 10.6. The lowest BCUT2D eigenvalue weighted by Gasteiger charge is -2.40. The lowest BCUT2D eigenvalue weighted by atomic mass is 9.96. The maximum absolute atomic E-state index is 14.0. The van der Waals surface area contributed by atoms with Gasteiger partial charge in [0, 0.05) is 39.1 Å². The summed E-state index contributed by atoms with van der Waals surface area (Å²) in [6.45, 7) is 3.90. The summed E-state index contributed by atoms with van der Waals surface area (Å²) in [5.74, 6) is -0.356. The van der Waals surface area contributed by atoms with Crippen molar-refractivity contribution >= 4 is 5.78 Å². The van der Waals surface area contributed by atoms with E-state index in [1.807, 2.05) is 42.5 Å². The summed E-state index contributed by atoms with van der Waals surface area (Å²) in [4.78, 5) is 17.7. The fourth-order valence-electron chi connectivity index (χ4n) is 5.51. The molecule has 1 N–H and O–H groups in total. The largest absolute Gasteiger partial charge is 0.490 e. The number of ketones is 1. The first-order chi connectivity index (χ1) is 20.1. The summed E-state index contributed by atoms with van der Waals surface area (Å²) < 4.78 is 19.9. The molecule has 6 heteroatoms. The predicted molar refractivity (Wildman–Crippen MR) is 160 cm³/mol. The van der Waals surface area contributed by atoms with Crippen molar-refractivity contribution in [2.75, 3.05) is 39.3 Å². The summed E-state index contributed by atoms with van der Waals surface area (Å²) in [5.41, 5.74) is 3.81. The first kappa shape index (κ1) is 28.7. The third kappa shape index (κ3) is 7.88. The molecule has 1 saturated heterocycles. The van der Waals surface area contributed by atoms with Crippen LogP contribution in [-0.2, 0) is 6.42 Å². The Morgan fingerprint density at radius 3 is 2.00 bits per heavy atom. The first-order valence-electron chi connectivity index (χ1n) is 14.3. The van der Waals surface area contributed by atoms with E-state index in [0.717, 1.165) is 31.7 Å². The van der Waals surface area contributed by atoms with E-state index in [-0.39, 0.29) is 30.4 Å². The van der Waals surface area contributed by atoms with Gasteiger partial charge in [-0.05, 0) is 41.3 Å². The van der Waals surface area contributed by atoms with Crippen LogP contribution >= 0.6 is 0 Å². The number of aliphatic hydroxyl groups is 1. The lowest BCUT2D eigenvalue weighted by molar-refractivity contribution is 0.0398. The Hall–Kier alpha value is -3.84. The number of rotatable bonds is 12. The predicted octanol–water partition coefficient (Wildman–Crippen LogP) is 5.79. The van der Waals surface area contributed by atoms with Crippen molar-refractivity contribution in [3.05, 3.63) is 137 Å². The smallest absolute Gasteiger partial charge is 0.167 e. The number of ether oxygens (including phenoxy) is 1. The van der Waals surface area contributed by atoms with Crippen molar-refractivity contribution in [1.29, 1.82) is 0 Å². The number of hydrogen-bond acceptors (Lipinski definition) is 5. The van der Waals surface area contributed by atoms with Crippen LogP contribution in [0.1, 0.15) is 39.5 Å². The van der Waals surface area contributed by atoms with Crippen LogP contribution in [0.25, 0.3) is 0 Å². The zero-order chi connectivity index (χ0) is 28.4. The number of β-amino-alcohol motifs (C(OH)–C–C–N with tert-alkyl or cyclic N) is 1. The zero-order valence-corrected chi connectivity index (χ0v) is 23.2. The molecule has 5 nitrogen and oxygen atoms in total. The van der Waals surface area contributed by atoms with Gasteiger partial charge in [-0.2, -0.15) is 0 Å². The number of aryl methyl sites for hydroxylation is 1. The van der Waals surface area contributed by atoms with Gasteiger partial charge < -0.3 is 9.84 Å². The zero-order valence-electron chi connectivity index (χ0n) is 23.2. The molecule has 4 aromatic carbocycles. The highest BCUT2D eigenvalue weighted by Gasteiger charge is 2.27. The molecular formula is C35H37FN2O3. The maximum atomic E-state index is 14.0. The summed E-state index contributed by atoms with van der Waals surface area (Å²) in [5, 5.41) is 10.8. The second kappa shape index (κ2) is 14.2. The Balaban J connectivity index is 1.14. The number of aliphatic hydroxyl groups excluding tert-OH is 1. The Morgan fingerprint density at radius 2 is 1.39 bits per heavy atom. The highest BCUT2D eigenvalue weighted by molar-refractivity contribution is 5.98. The molecule has 212 valence electrons. The van der Waals surface area contributed by atoms with E-state index in [0.29, 0.717) is 18.7 Å². The van der Waals surface area contributed by atoms with Gasteiger partial charge in [0.1, 0.15) is 24.3 Å². The molecule has 5 rings (SSSR count). The van der Waals surface area contributed by atoms with Crippen molar-refractivity contribution in [3.63, 3.8) is 0 Å². The van der Waals surface area contributed by atoms with Crippen LogP contribution in [0, 0.1) is 5.82 Å². The Morgan fingerprint density at radius 1 is 0.805 bits per heavy atom. The maximum Gasteiger partial charge on any atom is 0.167 e. The van der Waals surface area contributed by atoms with Crippen LogP contribution in [0.3, 0.4) is 0 Å². The molecule has 0 spiro atoms. The van der Waals surface area contributed by atoms with E-state index in [1.54, 1.807) is 0 Å². The van der Waals surface area contributed by atoms with Crippen molar-refractivity contribution in [3.8, 4) is 5.75 Å². The minimum Gasteiger partial charge on any atom is -0.490 e. The summed E-state index contributed by atoms with van der Waals surface area (Å²) in [7, 11) is 0. The van der Waals surface area contributed by atoms with Crippen LogP contribution in [0.5, 0.6) is 5.75 Å². The Labute approximate surface area is 241 Å². The number of hydrogen-bond donors (Lipinski definition) is 1.